The minimum absolute atomic E-state index is 0.142. The second-order valence-electron chi connectivity index (χ2n) is 3.58. The largest absolute Gasteiger partial charge is 0.477 e. The Morgan fingerprint density at radius 2 is 2.10 bits per heavy atom. The van der Waals surface area contributed by atoms with Crippen LogP contribution in [0.3, 0.4) is 0 Å². The molecule has 0 atom stereocenters. The van der Waals surface area contributed by atoms with Crippen LogP contribution in [0.5, 0.6) is 0 Å². The van der Waals surface area contributed by atoms with E-state index in [4.69, 9.17) is 5.11 Å². The van der Waals surface area contributed by atoms with Gasteiger partial charge in [-0.25, -0.2) is 9.78 Å². The number of nitrogens with one attached hydrogen (secondary N) is 1. The number of carbonyl (C=O) groups is 2. The van der Waals surface area contributed by atoms with Crippen molar-refractivity contribution in [1.82, 2.24) is 4.98 Å². The monoisotopic (exact) mass is 293 g/mol. The van der Waals surface area contributed by atoms with E-state index in [0.717, 1.165) is 11.3 Å². The highest BCUT2D eigenvalue weighted by Gasteiger charge is 2.15. The number of nitro groups is 1. The highest BCUT2D eigenvalue weighted by molar-refractivity contribution is 7.17. The lowest BCUT2D eigenvalue weighted by atomic mass is 10.3. The maximum atomic E-state index is 11.8. The van der Waals surface area contributed by atoms with Crippen molar-refractivity contribution in [3.63, 3.8) is 0 Å². The van der Waals surface area contributed by atoms with E-state index in [1.807, 2.05) is 0 Å². The average molecular weight is 293 g/mol. The highest BCUT2D eigenvalue weighted by atomic mass is 32.1. The number of rotatable bonds is 4. The fourth-order valence-electron chi connectivity index (χ4n) is 1.37. The number of anilines is 1. The molecule has 2 N–H and O–H groups in total. The Morgan fingerprint density at radius 1 is 1.35 bits per heavy atom. The summed E-state index contributed by atoms with van der Waals surface area (Å²) in [4.78, 5) is 36.3. The number of thiophene rings is 1. The third-order valence-electron chi connectivity index (χ3n) is 2.23. The molecule has 8 nitrogen and oxygen atoms in total. The third-order valence-corrected chi connectivity index (χ3v) is 3.27. The standard InChI is InChI=1S/C11H7N3O5S/c15-10(8-1-2-9(20-8)14(18)19)13-6-3-4-12-7(5-6)11(16)17/h1-5H,(H,16,17)(H,12,13,15). The minimum Gasteiger partial charge on any atom is -0.477 e. The van der Waals surface area contributed by atoms with E-state index in [1.54, 1.807) is 0 Å². The molecule has 0 fully saturated rings. The van der Waals surface area contributed by atoms with Gasteiger partial charge < -0.3 is 10.4 Å². The lowest BCUT2D eigenvalue weighted by molar-refractivity contribution is -0.380. The van der Waals surface area contributed by atoms with Crippen LogP contribution in [0.4, 0.5) is 10.7 Å². The summed E-state index contributed by atoms with van der Waals surface area (Å²) in [5, 5.41) is 21.6. The van der Waals surface area contributed by atoms with Gasteiger partial charge in [-0.05, 0) is 18.2 Å². The maximum absolute atomic E-state index is 11.8. The van der Waals surface area contributed by atoms with E-state index in [9.17, 15) is 19.7 Å². The van der Waals surface area contributed by atoms with Crippen molar-refractivity contribution >= 4 is 33.9 Å². The Labute approximate surface area is 115 Å². The number of carboxylic acid groups (broad SMARTS) is 1. The Balaban J connectivity index is 2.16. The molecule has 0 aliphatic rings. The molecule has 0 unspecified atom stereocenters. The molecule has 0 aromatic carbocycles. The lowest BCUT2D eigenvalue weighted by Crippen LogP contribution is -2.11. The molecule has 0 aliphatic carbocycles. The van der Waals surface area contributed by atoms with Gasteiger partial charge in [0.25, 0.3) is 5.91 Å². The molecule has 0 spiro atoms. The molecule has 1 amide bonds. The summed E-state index contributed by atoms with van der Waals surface area (Å²) < 4.78 is 0. The molecule has 2 heterocycles. The molecule has 0 aliphatic heterocycles. The van der Waals surface area contributed by atoms with Crippen LogP contribution >= 0.6 is 11.3 Å². The first-order chi connectivity index (χ1) is 9.47. The predicted molar refractivity (Wildman–Crippen MR) is 70.1 cm³/mol. The summed E-state index contributed by atoms with van der Waals surface area (Å²) in [6.07, 6.45) is 1.25. The first kappa shape index (κ1) is 13.6. The van der Waals surface area contributed by atoms with Gasteiger partial charge >= 0.3 is 11.0 Å². The van der Waals surface area contributed by atoms with Crippen molar-refractivity contribution in [2.45, 2.75) is 0 Å². The number of hydrogen-bond donors (Lipinski definition) is 2. The van der Waals surface area contributed by atoms with Crippen LogP contribution in [0.2, 0.25) is 0 Å². The summed E-state index contributed by atoms with van der Waals surface area (Å²) in [6, 6.07) is 5.18. The smallest absolute Gasteiger partial charge is 0.354 e. The lowest BCUT2D eigenvalue weighted by Gasteiger charge is -2.03. The molecule has 102 valence electrons. The second-order valence-corrected chi connectivity index (χ2v) is 4.65. The average Bonchev–Trinajstić information content (AvgIpc) is 2.88. The number of hydrogen-bond acceptors (Lipinski definition) is 6. The van der Waals surface area contributed by atoms with Gasteiger partial charge in [0.15, 0.2) is 0 Å². The van der Waals surface area contributed by atoms with Crippen LogP contribution in [0.15, 0.2) is 30.5 Å². The Morgan fingerprint density at radius 3 is 2.70 bits per heavy atom. The quantitative estimate of drug-likeness (QED) is 0.656. The zero-order chi connectivity index (χ0) is 14.7. The van der Waals surface area contributed by atoms with Gasteiger partial charge in [0.1, 0.15) is 5.69 Å². The zero-order valence-corrected chi connectivity index (χ0v) is 10.6. The van der Waals surface area contributed by atoms with Gasteiger partial charge in [-0.2, -0.15) is 0 Å². The first-order valence-electron chi connectivity index (χ1n) is 5.22. The molecule has 0 bridgehead atoms. The highest BCUT2D eigenvalue weighted by Crippen LogP contribution is 2.24. The van der Waals surface area contributed by atoms with Crippen molar-refractivity contribution in [3.8, 4) is 0 Å². The maximum Gasteiger partial charge on any atom is 0.354 e. The van der Waals surface area contributed by atoms with Crippen LogP contribution in [-0.4, -0.2) is 26.9 Å². The van der Waals surface area contributed by atoms with Gasteiger partial charge in [-0.15, -0.1) is 0 Å². The van der Waals surface area contributed by atoms with E-state index in [1.165, 1.54) is 30.5 Å². The Bertz CT molecular complexity index is 697. The molecule has 2 aromatic rings. The topological polar surface area (TPSA) is 122 Å². The summed E-state index contributed by atoms with van der Waals surface area (Å²) in [5.41, 5.74) is 0.0402. The molecule has 20 heavy (non-hydrogen) atoms. The molecule has 0 saturated heterocycles. The molecule has 2 rings (SSSR count). The summed E-state index contributed by atoms with van der Waals surface area (Å²) in [7, 11) is 0. The van der Waals surface area contributed by atoms with Crippen LogP contribution in [0.1, 0.15) is 20.2 Å². The van der Waals surface area contributed by atoms with Crippen molar-refractivity contribution < 1.29 is 19.6 Å². The van der Waals surface area contributed by atoms with Crippen LogP contribution < -0.4 is 5.32 Å². The number of aromatic nitrogens is 1. The molecule has 0 radical (unpaired) electrons. The van der Waals surface area contributed by atoms with Gasteiger partial charge in [0.2, 0.25) is 0 Å². The number of carboxylic acids is 1. The molecule has 9 heteroatoms. The third kappa shape index (κ3) is 2.95. The molecule has 0 saturated carbocycles. The Hall–Kier alpha value is -2.81. The van der Waals surface area contributed by atoms with Crippen molar-refractivity contribution in [2.24, 2.45) is 0 Å². The SMILES string of the molecule is O=C(O)c1cc(NC(=O)c2ccc([N+](=O)[O-])s2)ccn1. The van der Waals surface area contributed by atoms with E-state index in [-0.39, 0.29) is 21.3 Å². The van der Waals surface area contributed by atoms with E-state index in [0.29, 0.717) is 0 Å². The van der Waals surface area contributed by atoms with E-state index in [2.05, 4.69) is 10.3 Å². The number of aromatic carboxylic acids is 1. The Kier molecular flexibility index (Phi) is 3.71. The molecular weight excluding hydrogens is 286 g/mol. The number of amides is 1. The van der Waals surface area contributed by atoms with Crippen LogP contribution in [-0.2, 0) is 0 Å². The van der Waals surface area contributed by atoms with Gasteiger partial charge in [-0.1, -0.05) is 11.3 Å². The number of carbonyl (C=O) groups excluding carboxylic acids is 1. The second kappa shape index (κ2) is 5.45. The number of pyridine rings is 1. The minimum atomic E-state index is -1.21. The van der Waals surface area contributed by atoms with E-state index >= 15 is 0 Å². The summed E-state index contributed by atoms with van der Waals surface area (Å²) >= 11 is 0.736. The summed E-state index contributed by atoms with van der Waals surface area (Å²) in [6.45, 7) is 0. The summed E-state index contributed by atoms with van der Waals surface area (Å²) in [5.74, 6) is -1.77. The fraction of sp³-hybridized carbons (Fsp3) is 0. The van der Waals surface area contributed by atoms with Crippen molar-refractivity contribution in [2.75, 3.05) is 5.32 Å². The first-order valence-corrected chi connectivity index (χ1v) is 6.04. The van der Waals surface area contributed by atoms with Crippen LogP contribution in [0, 0.1) is 10.1 Å². The van der Waals surface area contributed by atoms with Crippen LogP contribution in [0.25, 0.3) is 0 Å². The van der Waals surface area contributed by atoms with Gasteiger partial charge in [-0.3, -0.25) is 14.9 Å². The zero-order valence-electron chi connectivity index (χ0n) is 9.77. The number of nitrogens with zero attached hydrogens (tertiary/aromatic N) is 2. The van der Waals surface area contributed by atoms with Gasteiger partial charge in [0.05, 0.1) is 9.80 Å². The van der Waals surface area contributed by atoms with Crippen molar-refractivity contribution in [3.05, 3.63) is 51.1 Å². The normalized spacial score (nSPS) is 10.0. The fourth-order valence-corrected chi connectivity index (χ4v) is 2.08. The van der Waals surface area contributed by atoms with Crippen molar-refractivity contribution in [1.29, 1.82) is 0 Å². The predicted octanol–water partition coefficient (Wildman–Crippen LogP) is 2.00. The molecule has 2 aromatic heterocycles. The van der Waals surface area contributed by atoms with E-state index < -0.39 is 16.8 Å². The van der Waals surface area contributed by atoms with Gasteiger partial charge in [0, 0.05) is 18.0 Å². The molecular formula is C11H7N3O5S.